The maximum Gasteiger partial charge on any atom is 0.513 e. The molecule has 1 aromatic rings. The van der Waals surface area contributed by atoms with Crippen LogP contribution in [0.1, 0.15) is 30.9 Å². The second-order valence-electron chi connectivity index (χ2n) is 6.44. The number of benzene rings is 1. The van der Waals surface area contributed by atoms with Crippen LogP contribution in [0.4, 0.5) is 22.8 Å². The van der Waals surface area contributed by atoms with Crippen molar-refractivity contribution in [2.24, 2.45) is 0 Å². The topological polar surface area (TPSA) is 135 Å². The summed E-state index contributed by atoms with van der Waals surface area (Å²) in [5, 5.41) is 11.8. The number of hydrogen-bond donors (Lipinski definition) is 1. The van der Waals surface area contributed by atoms with Crippen LogP contribution in [0.5, 0.6) is 0 Å². The van der Waals surface area contributed by atoms with E-state index in [0.717, 1.165) is 19.2 Å². The molecule has 180 valence electrons. The molecule has 33 heavy (non-hydrogen) atoms. The van der Waals surface area contributed by atoms with Gasteiger partial charge in [-0.3, -0.25) is 0 Å². The molecule has 0 saturated carbocycles. The van der Waals surface area contributed by atoms with Crippen LogP contribution in [0.25, 0.3) is 0 Å². The number of hydrogen-bond acceptors (Lipinski definition) is 10. The van der Waals surface area contributed by atoms with Crippen molar-refractivity contribution in [2.45, 2.75) is 25.9 Å². The molecule has 0 fully saturated rings. The van der Waals surface area contributed by atoms with E-state index in [1.165, 1.54) is 26.0 Å². The number of carbonyl (C=O) groups is 2. The predicted octanol–water partition coefficient (Wildman–Crippen LogP) is 4.00. The molecule has 1 atom stereocenters. The van der Waals surface area contributed by atoms with Crippen LogP contribution in [0.15, 0.2) is 47.2 Å². The second kappa shape index (κ2) is 10.6. The number of alkyl halides is 3. The predicted molar refractivity (Wildman–Crippen MR) is 102 cm³/mol. The third-order valence-corrected chi connectivity index (χ3v) is 4.27. The van der Waals surface area contributed by atoms with Gasteiger partial charge in [-0.15, -0.1) is 10.1 Å². The number of allylic oxidation sites excluding steroid dienone is 2. The summed E-state index contributed by atoms with van der Waals surface area (Å²) < 4.78 is 60.5. The molecule has 2 rings (SSSR count). The first-order valence-corrected chi connectivity index (χ1v) is 9.18. The number of dihydropyridines is 1. The number of carbonyl (C=O) groups excluding carboxylic acids is 2. The molecule has 0 aliphatic carbocycles. The van der Waals surface area contributed by atoms with E-state index in [1.54, 1.807) is 0 Å². The summed E-state index contributed by atoms with van der Waals surface area (Å²) >= 11 is 0. The van der Waals surface area contributed by atoms with Gasteiger partial charge in [-0.05, 0) is 25.5 Å². The molecule has 0 radical (unpaired) electrons. The average molecular weight is 476 g/mol. The van der Waals surface area contributed by atoms with Gasteiger partial charge in [0, 0.05) is 0 Å². The molecule has 0 amide bonds. The van der Waals surface area contributed by atoms with Crippen LogP contribution in [0.2, 0.25) is 0 Å². The second-order valence-corrected chi connectivity index (χ2v) is 6.44. The van der Waals surface area contributed by atoms with Crippen LogP contribution in [0, 0.1) is 10.1 Å². The van der Waals surface area contributed by atoms with Crippen molar-refractivity contribution in [1.82, 2.24) is 5.32 Å². The summed E-state index contributed by atoms with van der Waals surface area (Å²) in [5.74, 6) is -2.15. The highest BCUT2D eigenvalue weighted by Crippen LogP contribution is 2.44. The minimum absolute atomic E-state index is 0.130. The zero-order chi connectivity index (χ0) is 24.8. The summed E-state index contributed by atoms with van der Waals surface area (Å²) in [7, 11) is 1.01. The van der Waals surface area contributed by atoms with Crippen molar-refractivity contribution in [3.05, 3.63) is 68.4 Å². The smallest absolute Gasteiger partial charge is 0.437 e. The summed E-state index contributed by atoms with van der Waals surface area (Å²) in [6.07, 6.45) is -7.37. The van der Waals surface area contributed by atoms with Gasteiger partial charge < -0.3 is 29.1 Å². The Labute approximate surface area is 184 Å². The highest BCUT2D eigenvalue weighted by molar-refractivity contribution is 5.65. The van der Waals surface area contributed by atoms with Crippen molar-refractivity contribution in [3.8, 4) is 0 Å². The first-order valence-electron chi connectivity index (χ1n) is 9.18. The molecule has 1 aliphatic rings. The molecule has 0 saturated heterocycles. The highest BCUT2D eigenvalue weighted by Gasteiger charge is 2.42. The number of nitrogens with one attached hydrogen (secondary N) is 1. The third-order valence-electron chi connectivity index (χ3n) is 4.27. The average Bonchev–Trinajstić information content (AvgIpc) is 2.73. The fourth-order valence-corrected chi connectivity index (χ4v) is 3.00. The molecule has 1 unspecified atom stereocenters. The molecular formula is C19H19F3N2O9. The summed E-state index contributed by atoms with van der Waals surface area (Å²) in [5.41, 5.74) is -1.13. The van der Waals surface area contributed by atoms with Gasteiger partial charge in [0.2, 0.25) is 0 Å². The van der Waals surface area contributed by atoms with Crippen LogP contribution >= 0.6 is 0 Å². The van der Waals surface area contributed by atoms with Crippen molar-refractivity contribution in [2.75, 3.05) is 20.3 Å². The van der Waals surface area contributed by atoms with Gasteiger partial charge in [-0.25, -0.2) is 9.59 Å². The number of rotatable bonds is 7. The summed E-state index contributed by atoms with van der Waals surface area (Å²) in [4.78, 5) is 38.0. The van der Waals surface area contributed by atoms with E-state index in [0.29, 0.717) is 0 Å². The van der Waals surface area contributed by atoms with E-state index in [4.69, 9.17) is 9.47 Å². The number of halogens is 3. The van der Waals surface area contributed by atoms with Gasteiger partial charge in [0.1, 0.15) is 30.6 Å². The van der Waals surface area contributed by atoms with Gasteiger partial charge in [-0.1, -0.05) is 18.2 Å². The first-order chi connectivity index (χ1) is 15.5. The van der Waals surface area contributed by atoms with E-state index in [2.05, 4.69) is 19.6 Å². The van der Waals surface area contributed by atoms with Crippen molar-refractivity contribution in [1.29, 1.82) is 0 Å². The Balaban J connectivity index is 2.47. The molecule has 0 bridgehead atoms. The lowest BCUT2D eigenvalue weighted by molar-refractivity contribution is -0.757. The molecule has 0 spiro atoms. The minimum atomic E-state index is -4.79. The fraction of sp³-hybridized carbons (Fsp3) is 0.368. The van der Waals surface area contributed by atoms with Crippen LogP contribution < -0.4 is 5.32 Å². The van der Waals surface area contributed by atoms with Crippen molar-refractivity contribution >= 4 is 12.3 Å². The zero-order valence-corrected chi connectivity index (χ0v) is 17.6. The molecule has 1 heterocycles. The Morgan fingerprint density at radius 2 is 1.64 bits per heavy atom. The Morgan fingerprint density at radius 3 is 2.18 bits per heavy atom. The largest absolute Gasteiger partial charge is 0.513 e. The van der Waals surface area contributed by atoms with Crippen LogP contribution in [0.3, 0.4) is 0 Å². The Hall–Kier alpha value is -3.97. The van der Waals surface area contributed by atoms with Gasteiger partial charge in [-0.2, -0.15) is 13.2 Å². The normalized spacial score (nSPS) is 16.0. The lowest BCUT2D eigenvalue weighted by Gasteiger charge is -2.31. The van der Waals surface area contributed by atoms with Gasteiger partial charge in [0.15, 0.2) is 0 Å². The lowest BCUT2D eigenvalue weighted by Crippen LogP contribution is -2.30. The van der Waals surface area contributed by atoms with E-state index < -0.39 is 48.3 Å². The first kappa shape index (κ1) is 25.3. The number of methoxy groups -OCH3 is 1. The quantitative estimate of drug-likeness (QED) is 0.266. The standard InChI is InChI=1S/C19H19F3N2O9/c1-10-15(32-17(25)29-3)14(12-6-4-5-7-13(12)19(20,21)22)16(11(2)23-10)33-18(26)30-8-9-31-24(27)28/h4-7,14,23H,8-9H2,1-3H3. The lowest BCUT2D eigenvalue weighted by atomic mass is 9.87. The Kier molecular flexibility index (Phi) is 8.10. The molecule has 1 N–H and O–H groups in total. The number of nitrogens with zero attached hydrogens (tertiary/aromatic N) is 1. The SMILES string of the molecule is COC(=O)OC1=C(C)NC(C)=C(OC(=O)OCCO[N+](=O)[O-])C1c1ccccc1C(F)(F)F. The molecule has 14 heteroatoms. The Bertz CT molecular complexity index is 989. The van der Waals surface area contributed by atoms with Crippen LogP contribution in [-0.4, -0.2) is 37.7 Å². The van der Waals surface area contributed by atoms with Crippen LogP contribution in [-0.2, 0) is 30.0 Å². The van der Waals surface area contributed by atoms with E-state index >= 15 is 0 Å². The van der Waals surface area contributed by atoms with E-state index in [-0.39, 0.29) is 28.5 Å². The molecule has 11 nitrogen and oxygen atoms in total. The minimum Gasteiger partial charge on any atom is -0.437 e. The van der Waals surface area contributed by atoms with E-state index in [1.807, 2.05) is 0 Å². The number of ether oxygens (including phenoxy) is 4. The maximum atomic E-state index is 13.7. The van der Waals surface area contributed by atoms with Gasteiger partial charge in [0.25, 0.3) is 5.09 Å². The van der Waals surface area contributed by atoms with Crippen molar-refractivity contribution in [3.63, 3.8) is 0 Å². The Morgan fingerprint density at radius 1 is 1.06 bits per heavy atom. The highest BCUT2D eigenvalue weighted by atomic mass is 19.4. The zero-order valence-electron chi connectivity index (χ0n) is 17.6. The monoisotopic (exact) mass is 476 g/mol. The fourth-order valence-electron chi connectivity index (χ4n) is 3.00. The van der Waals surface area contributed by atoms with E-state index in [9.17, 15) is 32.9 Å². The summed E-state index contributed by atoms with van der Waals surface area (Å²) in [6.45, 7) is 1.70. The third kappa shape index (κ3) is 6.51. The van der Waals surface area contributed by atoms with Gasteiger partial charge >= 0.3 is 18.5 Å². The van der Waals surface area contributed by atoms with Gasteiger partial charge in [0.05, 0.1) is 24.1 Å². The molecule has 1 aromatic carbocycles. The molecule has 0 aromatic heterocycles. The molecule has 1 aliphatic heterocycles. The maximum absolute atomic E-state index is 13.7. The summed E-state index contributed by atoms with van der Waals surface area (Å²) in [6, 6.07) is 4.46. The molecular weight excluding hydrogens is 457 g/mol. The van der Waals surface area contributed by atoms with Crippen molar-refractivity contribution < 1.29 is 51.6 Å².